The van der Waals surface area contributed by atoms with E-state index in [-0.39, 0.29) is 11.7 Å². The van der Waals surface area contributed by atoms with Crippen molar-refractivity contribution in [2.45, 2.75) is 52.1 Å². The third kappa shape index (κ3) is 3.71. The Bertz CT molecular complexity index is 663. The second-order valence-electron chi connectivity index (χ2n) is 7.47. The third-order valence-corrected chi connectivity index (χ3v) is 5.01. The predicted molar refractivity (Wildman–Crippen MR) is 98.4 cm³/mol. The lowest BCUT2D eigenvalue weighted by Gasteiger charge is -2.39. The van der Waals surface area contributed by atoms with Gasteiger partial charge in [0, 0.05) is 25.1 Å². The number of carbonyl (C=O) groups is 2. The quantitative estimate of drug-likeness (QED) is 0.743. The van der Waals surface area contributed by atoms with Gasteiger partial charge in [0.25, 0.3) is 5.91 Å². The summed E-state index contributed by atoms with van der Waals surface area (Å²) in [4.78, 5) is 29.4. The van der Waals surface area contributed by atoms with E-state index in [1.807, 2.05) is 19.1 Å². The van der Waals surface area contributed by atoms with E-state index in [9.17, 15) is 9.59 Å². The summed E-state index contributed by atoms with van der Waals surface area (Å²) in [6.07, 6.45) is 3.80. The van der Waals surface area contributed by atoms with Gasteiger partial charge in [-0.2, -0.15) is 0 Å². The summed E-state index contributed by atoms with van der Waals surface area (Å²) in [5.74, 6) is 0.750. The van der Waals surface area contributed by atoms with Gasteiger partial charge in [-0.1, -0.05) is 6.92 Å². The van der Waals surface area contributed by atoms with Gasteiger partial charge in [-0.05, 0) is 64.4 Å². The average Bonchev–Trinajstić information content (AvgIpc) is 3.08. The molecule has 2 heterocycles. The van der Waals surface area contributed by atoms with Gasteiger partial charge in [-0.15, -0.1) is 0 Å². The van der Waals surface area contributed by atoms with Crippen LogP contribution in [0.4, 0.5) is 5.69 Å². The zero-order chi connectivity index (χ0) is 18.0. The first-order valence-electron chi connectivity index (χ1n) is 9.33. The Kier molecular flexibility index (Phi) is 5.13. The number of Topliss-reactive ketones (excluding diaryl/α,β-unsaturated/α-hetero) is 1. The van der Waals surface area contributed by atoms with Gasteiger partial charge in [0.2, 0.25) is 0 Å². The molecule has 136 valence electrons. The molecule has 0 N–H and O–H groups in total. The van der Waals surface area contributed by atoms with Crippen LogP contribution in [0.25, 0.3) is 0 Å². The van der Waals surface area contributed by atoms with Crippen LogP contribution in [0.1, 0.15) is 56.8 Å². The average molecular weight is 344 g/mol. The van der Waals surface area contributed by atoms with Crippen molar-refractivity contribution in [3.63, 3.8) is 0 Å². The first-order valence-corrected chi connectivity index (χ1v) is 9.33. The number of ketones is 1. The van der Waals surface area contributed by atoms with Crippen molar-refractivity contribution in [2.24, 2.45) is 0 Å². The highest BCUT2D eigenvalue weighted by atomic mass is 16.5. The molecule has 0 atom stereocenters. The number of hydrogen-bond acceptors (Lipinski definition) is 4. The minimum atomic E-state index is -0.882. The lowest BCUT2D eigenvalue weighted by Crippen LogP contribution is -2.54. The van der Waals surface area contributed by atoms with Gasteiger partial charge in [0.05, 0.1) is 5.69 Å². The van der Waals surface area contributed by atoms with Crippen LogP contribution in [-0.4, -0.2) is 48.4 Å². The molecular formula is C20H28N2O3. The summed E-state index contributed by atoms with van der Waals surface area (Å²) in [7, 11) is 0. The van der Waals surface area contributed by atoms with E-state index in [1.54, 1.807) is 24.8 Å². The van der Waals surface area contributed by atoms with Crippen molar-refractivity contribution in [3.8, 4) is 5.75 Å². The Hall–Kier alpha value is -1.88. The molecular weight excluding hydrogens is 316 g/mol. The van der Waals surface area contributed by atoms with Crippen LogP contribution in [0.5, 0.6) is 5.75 Å². The van der Waals surface area contributed by atoms with Crippen LogP contribution in [0.2, 0.25) is 0 Å². The molecule has 5 nitrogen and oxygen atoms in total. The number of amides is 1. The fraction of sp³-hybridized carbons (Fsp3) is 0.600. The zero-order valence-corrected chi connectivity index (χ0v) is 15.5. The van der Waals surface area contributed by atoms with Crippen LogP contribution in [-0.2, 0) is 4.79 Å². The summed E-state index contributed by atoms with van der Waals surface area (Å²) in [6.45, 7) is 9.29. The van der Waals surface area contributed by atoms with Crippen molar-refractivity contribution in [1.29, 1.82) is 0 Å². The lowest BCUT2D eigenvalue weighted by atomic mass is 10.0. The molecule has 25 heavy (non-hydrogen) atoms. The summed E-state index contributed by atoms with van der Waals surface area (Å²) >= 11 is 0. The van der Waals surface area contributed by atoms with Crippen LogP contribution in [0, 0.1) is 0 Å². The maximum Gasteiger partial charge on any atom is 0.270 e. The van der Waals surface area contributed by atoms with Crippen LogP contribution >= 0.6 is 0 Å². The molecule has 1 aromatic carbocycles. The van der Waals surface area contributed by atoms with Gasteiger partial charge in [0.1, 0.15) is 5.75 Å². The molecule has 0 aliphatic carbocycles. The standard InChI is InChI=1S/C20H28N2O3/c1-4-7-17(23)15-8-9-18-16(14-15)22(19(24)20(2,3)25-18)13-12-21-10-5-6-11-21/h8-9,14H,4-7,10-13H2,1-3H3. The fourth-order valence-electron chi connectivity index (χ4n) is 3.58. The minimum absolute atomic E-state index is 0.0423. The van der Waals surface area contributed by atoms with Gasteiger partial charge in [-0.25, -0.2) is 0 Å². The second kappa shape index (κ2) is 7.16. The van der Waals surface area contributed by atoms with Gasteiger partial charge >= 0.3 is 0 Å². The van der Waals surface area contributed by atoms with E-state index < -0.39 is 5.60 Å². The van der Waals surface area contributed by atoms with E-state index >= 15 is 0 Å². The van der Waals surface area contributed by atoms with E-state index in [0.717, 1.165) is 31.7 Å². The molecule has 1 aromatic rings. The van der Waals surface area contributed by atoms with Crippen LogP contribution in [0.3, 0.4) is 0 Å². The molecule has 1 saturated heterocycles. The molecule has 3 rings (SSSR count). The molecule has 0 spiro atoms. The Balaban J connectivity index is 1.88. The monoisotopic (exact) mass is 344 g/mol. The molecule has 0 aromatic heterocycles. The third-order valence-electron chi connectivity index (χ3n) is 5.01. The van der Waals surface area contributed by atoms with Crippen molar-refractivity contribution in [2.75, 3.05) is 31.1 Å². The molecule has 5 heteroatoms. The minimum Gasteiger partial charge on any atom is -0.476 e. The lowest BCUT2D eigenvalue weighted by molar-refractivity contribution is -0.132. The Morgan fingerprint density at radius 3 is 2.60 bits per heavy atom. The molecule has 0 radical (unpaired) electrons. The molecule has 0 saturated carbocycles. The highest BCUT2D eigenvalue weighted by molar-refractivity contribution is 6.04. The molecule has 1 amide bonds. The topological polar surface area (TPSA) is 49.9 Å². The maximum absolute atomic E-state index is 12.9. The molecule has 2 aliphatic rings. The number of fused-ring (bicyclic) bond motifs is 1. The number of carbonyl (C=O) groups excluding carboxylic acids is 2. The number of likely N-dealkylation sites (tertiary alicyclic amines) is 1. The van der Waals surface area contributed by atoms with Crippen molar-refractivity contribution in [3.05, 3.63) is 23.8 Å². The Morgan fingerprint density at radius 2 is 1.92 bits per heavy atom. The SMILES string of the molecule is CCCC(=O)c1ccc2c(c1)N(CCN1CCCC1)C(=O)C(C)(C)O2. The fourth-order valence-corrected chi connectivity index (χ4v) is 3.58. The van der Waals surface area contributed by atoms with Crippen LogP contribution in [0.15, 0.2) is 18.2 Å². The van der Waals surface area contributed by atoms with Crippen molar-refractivity contribution >= 4 is 17.4 Å². The molecule has 0 bridgehead atoms. The second-order valence-corrected chi connectivity index (χ2v) is 7.47. The maximum atomic E-state index is 12.9. The normalized spacial score (nSPS) is 19.6. The summed E-state index contributed by atoms with van der Waals surface area (Å²) < 4.78 is 5.91. The Labute approximate surface area is 149 Å². The van der Waals surface area contributed by atoms with E-state index in [0.29, 0.717) is 24.3 Å². The summed E-state index contributed by atoms with van der Waals surface area (Å²) in [5.41, 5.74) is 0.501. The molecule has 0 unspecified atom stereocenters. The number of ether oxygens (including phenoxy) is 1. The smallest absolute Gasteiger partial charge is 0.270 e. The largest absolute Gasteiger partial charge is 0.476 e. The van der Waals surface area contributed by atoms with Gasteiger partial charge < -0.3 is 14.5 Å². The van der Waals surface area contributed by atoms with E-state index in [2.05, 4.69) is 4.90 Å². The molecule has 1 fully saturated rings. The summed E-state index contributed by atoms with van der Waals surface area (Å²) in [5, 5.41) is 0. The Morgan fingerprint density at radius 1 is 1.20 bits per heavy atom. The highest BCUT2D eigenvalue weighted by Gasteiger charge is 2.41. The molecule has 2 aliphatic heterocycles. The summed E-state index contributed by atoms with van der Waals surface area (Å²) in [6, 6.07) is 5.46. The van der Waals surface area contributed by atoms with Crippen molar-refractivity contribution in [1.82, 2.24) is 4.90 Å². The zero-order valence-electron chi connectivity index (χ0n) is 15.5. The van der Waals surface area contributed by atoms with Crippen molar-refractivity contribution < 1.29 is 14.3 Å². The van der Waals surface area contributed by atoms with E-state index in [4.69, 9.17) is 4.74 Å². The van der Waals surface area contributed by atoms with E-state index in [1.165, 1.54) is 12.8 Å². The van der Waals surface area contributed by atoms with Gasteiger partial charge in [0.15, 0.2) is 11.4 Å². The number of rotatable bonds is 6. The number of benzene rings is 1. The number of hydrogen-bond donors (Lipinski definition) is 0. The van der Waals surface area contributed by atoms with Gasteiger partial charge in [-0.3, -0.25) is 9.59 Å². The first-order chi connectivity index (χ1) is 11.9. The van der Waals surface area contributed by atoms with Crippen LogP contribution < -0.4 is 9.64 Å². The number of anilines is 1. The first kappa shape index (κ1) is 17.9. The highest BCUT2D eigenvalue weighted by Crippen LogP contribution is 2.38. The number of nitrogens with zero attached hydrogens (tertiary/aromatic N) is 2. The predicted octanol–water partition coefficient (Wildman–Crippen LogP) is 3.27.